The zero-order chi connectivity index (χ0) is 15.6. The lowest BCUT2D eigenvalue weighted by Gasteiger charge is -2.38. The monoisotopic (exact) mass is 310 g/mol. The zero-order valence-electron chi connectivity index (χ0n) is 12.7. The normalized spacial score (nSPS) is 20.5. The Kier molecular flexibility index (Phi) is 4.68. The van der Waals surface area contributed by atoms with Crippen LogP contribution in [0.5, 0.6) is 0 Å². The Labute approximate surface area is 126 Å². The van der Waals surface area contributed by atoms with Gasteiger partial charge in [0.2, 0.25) is 15.9 Å². The van der Waals surface area contributed by atoms with Crippen LogP contribution in [-0.2, 0) is 21.2 Å². The van der Waals surface area contributed by atoms with Crippen molar-refractivity contribution >= 4 is 15.9 Å². The third-order valence-corrected chi connectivity index (χ3v) is 5.34. The van der Waals surface area contributed by atoms with Crippen molar-refractivity contribution in [3.63, 3.8) is 0 Å². The second kappa shape index (κ2) is 6.15. The number of aryl methyl sites for hydroxylation is 1. The molecule has 1 fully saturated rings. The molecule has 0 unspecified atom stereocenters. The first-order valence-electron chi connectivity index (χ1n) is 7.08. The summed E-state index contributed by atoms with van der Waals surface area (Å²) in [5, 5.41) is 0. The number of hydrogen-bond donors (Lipinski definition) is 0. The third-order valence-electron chi connectivity index (χ3n) is 3.95. The van der Waals surface area contributed by atoms with Crippen LogP contribution in [0.1, 0.15) is 18.1 Å². The Morgan fingerprint density at radius 1 is 1.29 bits per heavy atom. The van der Waals surface area contributed by atoms with Gasteiger partial charge in [-0.15, -0.1) is 0 Å². The summed E-state index contributed by atoms with van der Waals surface area (Å²) in [6.07, 6.45) is 1.59. The van der Waals surface area contributed by atoms with Crippen molar-refractivity contribution in [3.05, 3.63) is 35.4 Å². The van der Waals surface area contributed by atoms with Gasteiger partial charge in [-0.3, -0.25) is 4.79 Å². The molecule has 6 heteroatoms. The lowest BCUT2D eigenvalue weighted by atomic mass is 10.0. The maximum atomic E-state index is 12.4. The van der Waals surface area contributed by atoms with Crippen molar-refractivity contribution in [2.75, 3.05) is 25.9 Å². The van der Waals surface area contributed by atoms with Gasteiger partial charge in [-0.1, -0.05) is 24.3 Å². The molecule has 0 bridgehead atoms. The molecule has 0 spiro atoms. The summed E-state index contributed by atoms with van der Waals surface area (Å²) in [5.41, 5.74) is 2.13. The number of carbonyl (C=O) groups excluding carboxylic acids is 1. The van der Waals surface area contributed by atoms with E-state index in [-0.39, 0.29) is 11.9 Å². The lowest BCUT2D eigenvalue weighted by Crippen LogP contribution is -2.55. The molecule has 1 aromatic rings. The molecule has 1 aliphatic heterocycles. The summed E-state index contributed by atoms with van der Waals surface area (Å²) < 4.78 is 24.7. The number of carbonyl (C=O) groups is 1. The van der Waals surface area contributed by atoms with Gasteiger partial charge in [0.15, 0.2) is 0 Å². The van der Waals surface area contributed by atoms with E-state index in [2.05, 4.69) is 0 Å². The first-order chi connectivity index (χ1) is 9.79. The predicted octanol–water partition coefficient (Wildman–Crippen LogP) is 1.03. The van der Waals surface area contributed by atoms with E-state index in [0.29, 0.717) is 26.1 Å². The topological polar surface area (TPSA) is 57.7 Å². The highest BCUT2D eigenvalue weighted by atomic mass is 32.2. The Hall–Kier alpha value is -1.40. The average molecular weight is 310 g/mol. The highest BCUT2D eigenvalue weighted by molar-refractivity contribution is 7.88. The highest BCUT2D eigenvalue weighted by Crippen LogP contribution is 2.15. The fourth-order valence-corrected chi connectivity index (χ4v) is 3.88. The zero-order valence-corrected chi connectivity index (χ0v) is 13.6. The first-order valence-corrected chi connectivity index (χ1v) is 8.93. The van der Waals surface area contributed by atoms with Crippen LogP contribution >= 0.6 is 0 Å². The van der Waals surface area contributed by atoms with E-state index >= 15 is 0 Å². The van der Waals surface area contributed by atoms with Crippen LogP contribution in [0, 0.1) is 6.92 Å². The van der Waals surface area contributed by atoms with Gasteiger partial charge in [0.1, 0.15) is 0 Å². The minimum atomic E-state index is -3.19. The molecule has 1 amide bonds. The molecule has 0 aliphatic carbocycles. The standard InChI is InChI=1S/C15H22N2O3S/c1-12-6-4-5-7-14(12)10-15(18)16-8-9-17(13(2)11-16)21(3,19)20/h4-7,13H,8-11H2,1-3H3/t13-/m0/s1. The van der Waals surface area contributed by atoms with Crippen molar-refractivity contribution in [3.8, 4) is 0 Å². The van der Waals surface area contributed by atoms with Crippen LogP contribution in [0.2, 0.25) is 0 Å². The number of piperazine rings is 1. The molecule has 0 aromatic heterocycles. The summed E-state index contributed by atoms with van der Waals surface area (Å²) in [7, 11) is -3.19. The predicted molar refractivity (Wildman–Crippen MR) is 82.5 cm³/mol. The molecule has 0 radical (unpaired) electrons. The van der Waals surface area contributed by atoms with Crippen LogP contribution in [0.4, 0.5) is 0 Å². The van der Waals surface area contributed by atoms with Gasteiger partial charge in [0.25, 0.3) is 0 Å². The molecule has 1 atom stereocenters. The van der Waals surface area contributed by atoms with E-state index in [1.807, 2.05) is 38.1 Å². The van der Waals surface area contributed by atoms with Crippen LogP contribution in [0.15, 0.2) is 24.3 Å². The molecule has 1 heterocycles. The van der Waals surface area contributed by atoms with Crippen molar-refractivity contribution in [1.29, 1.82) is 0 Å². The molecule has 2 rings (SSSR count). The molecular formula is C15H22N2O3S. The van der Waals surface area contributed by atoms with Crippen LogP contribution in [-0.4, -0.2) is 55.5 Å². The van der Waals surface area contributed by atoms with E-state index in [9.17, 15) is 13.2 Å². The smallest absolute Gasteiger partial charge is 0.227 e. The number of benzene rings is 1. The fourth-order valence-electron chi connectivity index (χ4n) is 2.74. The molecule has 1 saturated heterocycles. The number of nitrogens with zero attached hydrogens (tertiary/aromatic N) is 2. The van der Waals surface area contributed by atoms with Gasteiger partial charge in [-0.25, -0.2) is 8.42 Å². The van der Waals surface area contributed by atoms with Gasteiger partial charge in [0.05, 0.1) is 12.7 Å². The molecule has 21 heavy (non-hydrogen) atoms. The maximum Gasteiger partial charge on any atom is 0.227 e. The maximum absolute atomic E-state index is 12.4. The molecule has 1 aliphatic rings. The lowest BCUT2D eigenvalue weighted by molar-refractivity contribution is -0.132. The number of rotatable bonds is 3. The van der Waals surface area contributed by atoms with Gasteiger partial charge >= 0.3 is 0 Å². The van der Waals surface area contributed by atoms with Crippen molar-refractivity contribution in [1.82, 2.24) is 9.21 Å². The Morgan fingerprint density at radius 3 is 2.52 bits per heavy atom. The van der Waals surface area contributed by atoms with Gasteiger partial charge in [-0.05, 0) is 25.0 Å². The molecule has 116 valence electrons. The van der Waals surface area contributed by atoms with Crippen LogP contribution in [0.3, 0.4) is 0 Å². The van der Waals surface area contributed by atoms with Crippen molar-refractivity contribution < 1.29 is 13.2 Å². The number of hydrogen-bond acceptors (Lipinski definition) is 3. The van der Waals surface area contributed by atoms with Crippen LogP contribution in [0.25, 0.3) is 0 Å². The summed E-state index contributed by atoms with van der Waals surface area (Å²) in [6, 6.07) is 7.67. The largest absolute Gasteiger partial charge is 0.339 e. The minimum Gasteiger partial charge on any atom is -0.339 e. The minimum absolute atomic E-state index is 0.0595. The van der Waals surface area contributed by atoms with Gasteiger partial charge < -0.3 is 4.90 Å². The SMILES string of the molecule is Cc1ccccc1CC(=O)N1CCN(S(C)(=O)=O)[C@@H](C)C1. The summed E-state index contributed by atoms with van der Waals surface area (Å²) in [6.45, 7) is 5.13. The Morgan fingerprint density at radius 2 is 1.95 bits per heavy atom. The van der Waals surface area contributed by atoms with E-state index < -0.39 is 10.0 Å². The summed E-state index contributed by atoms with van der Waals surface area (Å²) in [5.74, 6) is 0.0595. The molecule has 0 N–H and O–H groups in total. The molecule has 0 saturated carbocycles. The van der Waals surface area contributed by atoms with Crippen molar-refractivity contribution in [2.45, 2.75) is 26.3 Å². The quantitative estimate of drug-likeness (QED) is 0.838. The molecule has 5 nitrogen and oxygen atoms in total. The van der Waals surface area contributed by atoms with E-state index in [1.165, 1.54) is 10.6 Å². The second-order valence-electron chi connectivity index (χ2n) is 5.67. The highest BCUT2D eigenvalue weighted by Gasteiger charge is 2.31. The summed E-state index contributed by atoms with van der Waals surface area (Å²) in [4.78, 5) is 14.1. The van der Waals surface area contributed by atoms with E-state index in [0.717, 1.165) is 11.1 Å². The van der Waals surface area contributed by atoms with Crippen molar-refractivity contribution in [2.24, 2.45) is 0 Å². The number of sulfonamides is 1. The number of amides is 1. The molecule has 1 aromatic carbocycles. The molecular weight excluding hydrogens is 288 g/mol. The average Bonchev–Trinajstić information content (AvgIpc) is 2.39. The Bertz CT molecular complexity index is 628. The van der Waals surface area contributed by atoms with Crippen LogP contribution < -0.4 is 0 Å². The Balaban J connectivity index is 2.01. The van der Waals surface area contributed by atoms with E-state index in [4.69, 9.17) is 0 Å². The fraction of sp³-hybridized carbons (Fsp3) is 0.533. The third kappa shape index (κ3) is 3.83. The van der Waals surface area contributed by atoms with E-state index in [1.54, 1.807) is 4.90 Å². The summed E-state index contributed by atoms with van der Waals surface area (Å²) >= 11 is 0. The second-order valence-corrected chi connectivity index (χ2v) is 7.60. The first kappa shape index (κ1) is 16.0. The van der Waals surface area contributed by atoms with Gasteiger partial charge in [-0.2, -0.15) is 4.31 Å². The van der Waals surface area contributed by atoms with Gasteiger partial charge in [0, 0.05) is 25.7 Å².